The van der Waals surface area contributed by atoms with Crippen molar-refractivity contribution in [3.8, 4) is 5.75 Å². The van der Waals surface area contributed by atoms with Gasteiger partial charge in [-0.15, -0.1) is 0 Å². The van der Waals surface area contributed by atoms with E-state index in [2.05, 4.69) is 0 Å². The van der Waals surface area contributed by atoms with Crippen LogP contribution >= 0.6 is 11.6 Å². The Morgan fingerprint density at radius 1 is 1.45 bits per heavy atom. The Morgan fingerprint density at radius 3 is 3.10 bits per heavy atom. The van der Waals surface area contributed by atoms with E-state index in [4.69, 9.17) is 16.3 Å². The predicted molar refractivity (Wildman–Crippen MR) is 76.3 cm³/mol. The van der Waals surface area contributed by atoms with Crippen molar-refractivity contribution in [2.24, 2.45) is 0 Å². The lowest BCUT2D eigenvalue weighted by atomic mass is 10.0. The van der Waals surface area contributed by atoms with Gasteiger partial charge in [0.05, 0.1) is 6.61 Å². The van der Waals surface area contributed by atoms with Gasteiger partial charge in [-0.25, -0.2) is 0 Å². The zero-order chi connectivity index (χ0) is 14.1. The molecule has 108 valence electrons. The Kier molecular flexibility index (Phi) is 3.85. The number of fused-ring (bicyclic) bond motifs is 1. The van der Waals surface area contributed by atoms with E-state index in [-0.39, 0.29) is 6.04 Å². The molecule has 1 atom stereocenters. The van der Waals surface area contributed by atoms with Crippen LogP contribution in [0.25, 0.3) is 0 Å². The van der Waals surface area contributed by atoms with Crippen molar-refractivity contribution in [1.29, 1.82) is 0 Å². The summed E-state index contributed by atoms with van der Waals surface area (Å²) in [5.41, 5.74) is 2.15. The fourth-order valence-corrected chi connectivity index (χ4v) is 3.41. The summed E-state index contributed by atoms with van der Waals surface area (Å²) in [6.07, 6.45) is 3.63. The number of carboxylic acids is 1. The largest absolute Gasteiger partial charge is 0.493 e. The Labute approximate surface area is 123 Å². The van der Waals surface area contributed by atoms with Gasteiger partial charge in [0, 0.05) is 23.6 Å². The van der Waals surface area contributed by atoms with E-state index in [9.17, 15) is 9.90 Å². The van der Waals surface area contributed by atoms with Crippen molar-refractivity contribution in [2.45, 2.75) is 38.3 Å². The van der Waals surface area contributed by atoms with Gasteiger partial charge in [-0.05, 0) is 37.1 Å². The molecular formula is C15H18ClNO3. The van der Waals surface area contributed by atoms with Crippen molar-refractivity contribution >= 4 is 17.6 Å². The lowest BCUT2D eigenvalue weighted by Gasteiger charge is -2.33. The first-order chi connectivity index (χ1) is 9.65. The van der Waals surface area contributed by atoms with E-state index in [1.54, 1.807) is 0 Å². The first kappa shape index (κ1) is 13.7. The molecule has 4 nitrogen and oxygen atoms in total. The van der Waals surface area contributed by atoms with Crippen LogP contribution in [0.15, 0.2) is 12.1 Å². The van der Waals surface area contributed by atoms with Crippen molar-refractivity contribution in [2.75, 3.05) is 13.2 Å². The number of likely N-dealkylation sites (tertiary alicyclic amines) is 1. The van der Waals surface area contributed by atoms with Crippen LogP contribution in [0.3, 0.4) is 0 Å². The minimum absolute atomic E-state index is 0.389. The molecule has 1 aromatic rings. The zero-order valence-electron chi connectivity index (χ0n) is 11.3. The summed E-state index contributed by atoms with van der Waals surface area (Å²) in [6.45, 7) is 2.10. The highest BCUT2D eigenvalue weighted by Gasteiger charge is 2.29. The fraction of sp³-hybridized carbons (Fsp3) is 0.533. The van der Waals surface area contributed by atoms with Gasteiger partial charge in [0.25, 0.3) is 0 Å². The number of carboxylic acid groups (broad SMARTS) is 1. The molecule has 0 saturated carbocycles. The van der Waals surface area contributed by atoms with Gasteiger partial charge in [-0.2, -0.15) is 0 Å². The van der Waals surface area contributed by atoms with Crippen LogP contribution in [0.2, 0.25) is 5.02 Å². The molecule has 1 unspecified atom stereocenters. The SMILES string of the molecule is O=C(O)C1CCCCN1Cc1cc(Cl)cc2c1OCC2. The molecule has 2 aliphatic rings. The third-order valence-corrected chi connectivity index (χ3v) is 4.32. The molecule has 0 radical (unpaired) electrons. The standard InChI is InChI=1S/C15H18ClNO3/c16-12-7-10-4-6-20-14(10)11(8-12)9-17-5-2-1-3-13(17)15(18)19/h7-8,13H,1-6,9H2,(H,18,19). The van der Waals surface area contributed by atoms with Crippen LogP contribution in [0.5, 0.6) is 5.75 Å². The molecule has 3 rings (SSSR count). The van der Waals surface area contributed by atoms with Gasteiger partial charge in [0.2, 0.25) is 0 Å². The maximum absolute atomic E-state index is 11.4. The van der Waals surface area contributed by atoms with Crippen LogP contribution in [-0.4, -0.2) is 35.2 Å². The van der Waals surface area contributed by atoms with Gasteiger partial charge < -0.3 is 9.84 Å². The Bertz CT molecular complexity index is 532. The highest BCUT2D eigenvalue weighted by atomic mass is 35.5. The van der Waals surface area contributed by atoms with Gasteiger partial charge in [-0.1, -0.05) is 18.0 Å². The van der Waals surface area contributed by atoms with E-state index in [1.165, 1.54) is 0 Å². The summed E-state index contributed by atoms with van der Waals surface area (Å²) in [7, 11) is 0. The average molecular weight is 296 g/mol. The summed E-state index contributed by atoms with van der Waals surface area (Å²) in [4.78, 5) is 13.4. The number of rotatable bonds is 3. The molecule has 2 aliphatic heterocycles. The first-order valence-electron chi connectivity index (χ1n) is 7.06. The van der Waals surface area contributed by atoms with Gasteiger partial charge in [-0.3, -0.25) is 9.69 Å². The van der Waals surface area contributed by atoms with Gasteiger partial charge in [0.15, 0.2) is 0 Å². The third kappa shape index (κ3) is 2.63. The fourth-order valence-electron chi connectivity index (χ4n) is 3.14. The van der Waals surface area contributed by atoms with Crippen molar-refractivity contribution in [3.05, 3.63) is 28.3 Å². The molecule has 0 amide bonds. The topological polar surface area (TPSA) is 49.8 Å². The molecule has 2 heterocycles. The van der Waals surface area contributed by atoms with E-state index >= 15 is 0 Å². The normalized spacial score (nSPS) is 22.4. The summed E-state index contributed by atoms with van der Waals surface area (Å²) in [5.74, 6) is 0.174. The van der Waals surface area contributed by atoms with Crippen LogP contribution < -0.4 is 4.74 Å². The minimum Gasteiger partial charge on any atom is -0.493 e. The van der Waals surface area contributed by atoms with Crippen molar-refractivity contribution in [3.63, 3.8) is 0 Å². The van der Waals surface area contributed by atoms with Crippen LogP contribution in [0.1, 0.15) is 30.4 Å². The summed E-state index contributed by atoms with van der Waals surface area (Å²) >= 11 is 6.15. The minimum atomic E-state index is -0.732. The van der Waals surface area contributed by atoms with Gasteiger partial charge >= 0.3 is 5.97 Å². The zero-order valence-corrected chi connectivity index (χ0v) is 12.0. The highest BCUT2D eigenvalue weighted by molar-refractivity contribution is 6.30. The summed E-state index contributed by atoms with van der Waals surface area (Å²) in [5, 5.41) is 10.0. The van der Waals surface area contributed by atoms with E-state index in [0.717, 1.165) is 49.1 Å². The Balaban J connectivity index is 1.85. The smallest absolute Gasteiger partial charge is 0.320 e. The molecule has 1 fully saturated rings. The third-order valence-electron chi connectivity index (χ3n) is 4.10. The molecule has 0 bridgehead atoms. The molecular weight excluding hydrogens is 278 g/mol. The number of nitrogens with zero attached hydrogens (tertiary/aromatic N) is 1. The quantitative estimate of drug-likeness (QED) is 0.931. The summed E-state index contributed by atoms with van der Waals surface area (Å²) in [6, 6.07) is 3.46. The molecule has 0 aromatic heterocycles. The van der Waals surface area contributed by atoms with Crippen LogP contribution in [-0.2, 0) is 17.8 Å². The summed E-state index contributed by atoms with van der Waals surface area (Å²) < 4.78 is 5.69. The lowest BCUT2D eigenvalue weighted by molar-refractivity contribution is -0.144. The average Bonchev–Trinajstić information content (AvgIpc) is 2.87. The maximum atomic E-state index is 11.4. The number of carbonyl (C=O) groups is 1. The second-order valence-electron chi connectivity index (χ2n) is 5.47. The molecule has 1 saturated heterocycles. The van der Waals surface area contributed by atoms with E-state index in [0.29, 0.717) is 18.2 Å². The van der Waals surface area contributed by atoms with E-state index in [1.807, 2.05) is 17.0 Å². The predicted octanol–water partition coefficient (Wildman–Crippen LogP) is 2.71. The number of aliphatic carboxylic acids is 1. The van der Waals surface area contributed by atoms with E-state index < -0.39 is 5.97 Å². The first-order valence-corrected chi connectivity index (χ1v) is 7.44. The Morgan fingerprint density at radius 2 is 2.30 bits per heavy atom. The van der Waals surface area contributed by atoms with Gasteiger partial charge in [0.1, 0.15) is 11.8 Å². The second-order valence-corrected chi connectivity index (χ2v) is 5.91. The molecule has 1 aromatic carbocycles. The second kappa shape index (κ2) is 5.62. The van der Waals surface area contributed by atoms with Crippen molar-refractivity contribution in [1.82, 2.24) is 4.90 Å². The van der Waals surface area contributed by atoms with Crippen LogP contribution in [0.4, 0.5) is 0 Å². The number of halogens is 1. The molecule has 1 N–H and O–H groups in total. The number of benzene rings is 1. The maximum Gasteiger partial charge on any atom is 0.320 e. The number of hydrogen-bond donors (Lipinski definition) is 1. The Hall–Kier alpha value is -1.26. The number of piperidine rings is 1. The monoisotopic (exact) mass is 295 g/mol. The molecule has 0 spiro atoms. The number of hydrogen-bond acceptors (Lipinski definition) is 3. The molecule has 5 heteroatoms. The lowest BCUT2D eigenvalue weighted by Crippen LogP contribution is -2.44. The molecule has 20 heavy (non-hydrogen) atoms. The van der Waals surface area contributed by atoms with Crippen molar-refractivity contribution < 1.29 is 14.6 Å². The number of ether oxygens (including phenoxy) is 1. The highest BCUT2D eigenvalue weighted by Crippen LogP contribution is 2.34. The molecule has 0 aliphatic carbocycles. The van der Waals surface area contributed by atoms with Crippen LogP contribution in [0, 0.1) is 0 Å².